The second kappa shape index (κ2) is 17.5. The summed E-state index contributed by atoms with van der Waals surface area (Å²) >= 11 is 0. The molecule has 0 saturated carbocycles. The van der Waals surface area contributed by atoms with Gasteiger partial charge >= 0.3 is 0 Å². The Morgan fingerprint density at radius 2 is 0.797 bits per heavy atom. The second-order valence-corrected chi connectivity index (χ2v) is 20.1. The van der Waals surface area contributed by atoms with Gasteiger partial charge in [0.2, 0.25) is 0 Å². The lowest BCUT2D eigenvalue weighted by atomic mass is 9.88. The highest BCUT2D eigenvalue weighted by Crippen LogP contribution is 2.47. The van der Waals surface area contributed by atoms with Crippen LogP contribution in [0.5, 0.6) is 0 Å². The lowest BCUT2D eigenvalue weighted by Gasteiger charge is -2.31. The van der Waals surface area contributed by atoms with Gasteiger partial charge in [-0.15, -0.1) is 0 Å². The highest BCUT2D eigenvalue weighted by Gasteiger charge is 2.22. The van der Waals surface area contributed by atoms with Crippen molar-refractivity contribution in [3.8, 4) is 27.9 Å². The molecule has 0 radical (unpaired) electrons. The van der Waals surface area contributed by atoms with Gasteiger partial charge in [-0.1, -0.05) is 164 Å². The Labute approximate surface area is 432 Å². The zero-order valence-electron chi connectivity index (χ0n) is 41.8. The smallest absolute Gasteiger partial charge is 0.0541 e. The number of para-hydroxylation sites is 3. The van der Waals surface area contributed by atoms with Gasteiger partial charge in [0.05, 0.1) is 16.7 Å². The predicted molar refractivity (Wildman–Crippen MR) is 317 cm³/mol. The SMILES string of the molecule is CC1=C(N(c2ccc(-c3ccc(N(c4ccc(-c5ccc(-n6c7ccccc7c7ccccc76)cc5)cc4)c4ccc5c6cccc7c(C)ccc(c8cccc4c85)c76)cc3)cc2)c2ccccc2C)C=CCC1. The van der Waals surface area contributed by atoms with Gasteiger partial charge in [-0.2, -0.15) is 0 Å². The summed E-state index contributed by atoms with van der Waals surface area (Å²) in [5, 5.41) is 12.9. The molecule has 352 valence electrons. The molecule has 1 aliphatic carbocycles. The number of fused-ring (bicyclic) bond motifs is 5. The van der Waals surface area contributed by atoms with Gasteiger partial charge in [0.25, 0.3) is 0 Å². The summed E-state index contributed by atoms with van der Waals surface area (Å²) in [5.74, 6) is 0. The molecule has 12 aromatic carbocycles. The zero-order chi connectivity index (χ0) is 49.4. The number of aryl methyl sites for hydroxylation is 2. The first-order chi connectivity index (χ1) is 36.5. The van der Waals surface area contributed by atoms with Crippen LogP contribution in [-0.4, -0.2) is 4.57 Å². The van der Waals surface area contributed by atoms with E-state index in [1.165, 1.54) is 115 Å². The molecule has 1 aromatic heterocycles. The van der Waals surface area contributed by atoms with E-state index in [4.69, 9.17) is 0 Å². The first kappa shape index (κ1) is 43.6. The number of anilines is 5. The van der Waals surface area contributed by atoms with Crippen LogP contribution in [-0.2, 0) is 0 Å². The maximum atomic E-state index is 2.45. The van der Waals surface area contributed by atoms with Gasteiger partial charge in [0, 0.05) is 50.3 Å². The van der Waals surface area contributed by atoms with Crippen molar-refractivity contribution < 1.29 is 0 Å². The normalized spacial score (nSPS) is 12.9. The van der Waals surface area contributed by atoms with E-state index in [1.54, 1.807) is 0 Å². The average molecular weight is 948 g/mol. The summed E-state index contributed by atoms with van der Waals surface area (Å²) in [6.07, 6.45) is 6.76. The van der Waals surface area contributed by atoms with Gasteiger partial charge < -0.3 is 14.4 Å². The standard InChI is InChI=1S/C71H53N3/c1-46-26-43-62-61-20-13-21-64-69(45-44-63(71(61)64)60-19-12-18-57(46)70(60)62)72(54-37-29-50(30-38-54)52-33-41-56(42-34-52)74-67-24-10-6-16-58(67)59-17-7-11-25-68(59)74)53-35-27-49(28-36-53)51-31-39-55(40-32-51)73(65-22-8-4-14-47(65)2)66-23-9-5-15-48(66)3/h4,6-14,16-45H,5,15H2,1-3H3. The number of hydrogen-bond donors (Lipinski definition) is 0. The van der Waals surface area contributed by atoms with E-state index in [-0.39, 0.29) is 0 Å². The molecule has 1 heterocycles. The molecule has 74 heavy (non-hydrogen) atoms. The lowest BCUT2D eigenvalue weighted by molar-refractivity contribution is 0.922. The van der Waals surface area contributed by atoms with Gasteiger partial charge in [0.1, 0.15) is 0 Å². The highest BCUT2D eigenvalue weighted by atomic mass is 15.2. The molecule has 1 aliphatic rings. The summed E-state index contributed by atoms with van der Waals surface area (Å²) in [5.41, 5.74) is 19.2. The highest BCUT2D eigenvalue weighted by molar-refractivity contribution is 6.34. The molecule has 3 nitrogen and oxygen atoms in total. The number of allylic oxidation sites excluding steroid dienone is 3. The van der Waals surface area contributed by atoms with Crippen LogP contribution in [0.2, 0.25) is 0 Å². The Bertz CT molecular complexity index is 4290. The second-order valence-electron chi connectivity index (χ2n) is 20.1. The minimum absolute atomic E-state index is 1.07. The number of benzene rings is 12. The molecule has 0 fully saturated rings. The molecule has 0 spiro atoms. The molecule has 0 N–H and O–H groups in total. The third-order valence-corrected chi connectivity index (χ3v) is 15.8. The lowest BCUT2D eigenvalue weighted by Crippen LogP contribution is -2.18. The maximum absolute atomic E-state index is 2.45. The molecule has 0 atom stereocenters. The molecule has 3 heteroatoms. The van der Waals surface area contributed by atoms with E-state index in [1.807, 2.05) is 0 Å². The van der Waals surface area contributed by atoms with E-state index in [0.29, 0.717) is 0 Å². The fourth-order valence-electron chi connectivity index (χ4n) is 12.1. The van der Waals surface area contributed by atoms with Crippen molar-refractivity contribution >= 4 is 93.3 Å². The van der Waals surface area contributed by atoms with Crippen molar-refractivity contribution in [1.82, 2.24) is 4.57 Å². The summed E-state index contributed by atoms with van der Waals surface area (Å²) in [6, 6.07) is 85.5. The van der Waals surface area contributed by atoms with Crippen LogP contribution in [0.4, 0.5) is 28.4 Å². The van der Waals surface area contributed by atoms with Crippen molar-refractivity contribution in [2.24, 2.45) is 0 Å². The third-order valence-electron chi connectivity index (χ3n) is 15.8. The zero-order valence-corrected chi connectivity index (χ0v) is 41.8. The molecule has 0 unspecified atom stereocenters. The summed E-state index contributed by atoms with van der Waals surface area (Å²) < 4.78 is 2.38. The molecule has 0 aliphatic heterocycles. The Morgan fingerprint density at radius 3 is 1.38 bits per heavy atom. The Kier molecular flexibility index (Phi) is 10.3. The van der Waals surface area contributed by atoms with Gasteiger partial charge in [-0.3, -0.25) is 0 Å². The Hall–Kier alpha value is -9.18. The van der Waals surface area contributed by atoms with Crippen LogP contribution in [0.3, 0.4) is 0 Å². The predicted octanol–water partition coefficient (Wildman–Crippen LogP) is 20.0. The van der Waals surface area contributed by atoms with E-state index in [9.17, 15) is 0 Å². The van der Waals surface area contributed by atoms with Crippen LogP contribution in [0.1, 0.15) is 30.9 Å². The largest absolute Gasteiger partial charge is 0.310 e. The first-order valence-corrected chi connectivity index (χ1v) is 26.0. The Balaban J connectivity index is 0.860. The van der Waals surface area contributed by atoms with Crippen LogP contribution in [0.25, 0.3) is 92.8 Å². The van der Waals surface area contributed by atoms with E-state index < -0.39 is 0 Å². The monoisotopic (exact) mass is 947 g/mol. The average Bonchev–Trinajstić information content (AvgIpc) is 3.80. The van der Waals surface area contributed by atoms with E-state index >= 15 is 0 Å². The van der Waals surface area contributed by atoms with Gasteiger partial charge in [0.15, 0.2) is 0 Å². The fourth-order valence-corrected chi connectivity index (χ4v) is 12.1. The molecule has 13 aromatic rings. The van der Waals surface area contributed by atoms with E-state index in [2.05, 4.69) is 278 Å². The quantitative estimate of drug-likeness (QED) is 0.106. The van der Waals surface area contributed by atoms with Crippen molar-refractivity contribution in [3.05, 3.63) is 265 Å². The summed E-state index contributed by atoms with van der Waals surface area (Å²) in [4.78, 5) is 4.88. The fraction of sp³-hybridized carbons (Fsp3) is 0.0704. The molecule has 0 bridgehead atoms. The number of hydrogen-bond acceptors (Lipinski definition) is 2. The van der Waals surface area contributed by atoms with Crippen LogP contribution < -0.4 is 9.80 Å². The topological polar surface area (TPSA) is 11.4 Å². The van der Waals surface area contributed by atoms with Gasteiger partial charge in [-0.25, -0.2) is 0 Å². The van der Waals surface area contributed by atoms with Gasteiger partial charge in [-0.05, 0) is 189 Å². The molecular formula is C71H53N3. The van der Waals surface area contributed by atoms with Crippen LogP contribution in [0, 0.1) is 13.8 Å². The number of rotatable bonds is 9. The molecule has 0 amide bonds. The van der Waals surface area contributed by atoms with Crippen LogP contribution >= 0.6 is 0 Å². The van der Waals surface area contributed by atoms with Crippen LogP contribution in [0.15, 0.2) is 254 Å². The van der Waals surface area contributed by atoms with Crippen molar-refractivity contribution in [2.45, 2.75) is 33.6 Å². The minimum Gasteiger partial charge on any atom is -0.310 e. The molecule has 14 rings (SSSR count). The number of nitrogens with zero attached hydrogens (tertiary/aromatic N) is 3. The first-order valence-electron chi connectivity index (χ1n) is 26.0. The van der Waals surface area contributed by atoms with Crippen molar-refractivity contribution in [3.63, 3.8) is 0 Å². The summed E-state index contributed by atoms with van der Waals surface area (Å²) in [7, 11) is 0. The van der Waals surface area contributed by atoms with E-state index in [0.717, 1.165) is 41.3 Å². The van der Waals surface area contributed by atoms with Crippen molar-refractivity contribution in [2.75, 3.05) is 9.80 Å². The third kappa shape index (κ3) is 7.03. The Morgan fingerprint density at radius 1 is 0.338 bits per heavy atom. The number of aromatic nitrogens is 1. The molecular weight excluding hydrogens is 895 g/mol. The summed E-state index contributed by atoms with van der Waals surface area (Å²) in [6.45, 7) is 6.70. The minimum atomic E-state index is 1.07. The van der Waals surface area contributed by atoms with Crippen molar-refractivity contribution in [1.29, 1.82) is 0 Å². The molecule has 0 saturated heterocycles. The maximum Gasteiger partial charge on any atom is 0.0541 e.